The molecule has 0 aromatic carbocycles. The molecule has 0 amide bonds. The van der Waals surface area contributed by atoms with Crippen molar-refractivity contribution in [3.05, 3.63) is 56.4 Å². The first-order valence-corrected chi connectivity index (χ1v) is 10.3. The molecule has 1 aliphatic heterocycles. The van der Waals surface area contributed by atoms with Gasteiger partial charge >= 0.3 is 0 Å². The van der Waals surface area contributed by atoms with Gasteiger partial charge in [0.05, 0.1) is 0 Å². The topological polar surface area (TPSA) is 29.0 Å². The van der Waals surface area contributed by atoms with E-state index >= 15 is 0 Å². The molecule has 24 heavy (non-hydrogen) atoms. The first kappa shape index (κ1) is 15.9. The SMILES string of the molecule is CCCc1ncc2c(n1)CCN(Cc1cc(-c3ccsc3)cs1)C2. The van der Waals surface area contributed by atoms with E-state index in [0.29, 0.717) is 0 Å². The molecule has 0 aliphatic carbocycles. The number of nitrogens with zero attached hydrogens (tertiary/aromatic N) is 3. The van der Waals surface area contributed by atoms with Crippen molar-refractivity contribution in [2.24, 2.45) is 0 Å². The fraction of sp³-hybridized carbons (Fsp3) is 0.368. The summed E-state index contributed by atoms with van der Waals surface area (Å²) in [6.45, 7) is 5.25. The Morgan fingerprint density at radius 1 is 1.25 bits per heavy atom. The summed E-state index contributed by atoms with van der Waals surface area (Å²) >= 11 is 3.62. The van der Waals surface area contributed by atoms with Crippen molar-refractivity contribution < 1.29 is 0 Å². The predicted octanol–water partition coefficient (Wildman–Crippen LogP) is 4.78. The summed E-state index contributed by atoms with van der Waals surface area (Å²) in [4.78, 5) is 13.2. The standard InChI is InChI=1S/C19H21N3S2/c1-2-3-19-20-9-16-10-22(6-4-18(16)21-19)11-17-8-15(13-24-17)14-5-7-23-12-14/h5,7-9,12-13H,2-4,6,10-11H2,1H3. The van der Waals surface area contributed by atoms with Gasteiger partial charge < -0.3 is 0 Å². The van der Waals surface area contributed by atoms with Gasteiger partial charge in [0.1, 0.15) is 5.82 Å². The molecule has 1 aliphatic rings. The number of hydrogen-bond acceptors (Lipinski definition) is 5. The normalized spacial score (nSPS) is 14.7. The molecule has 3 aromatic rings. The van der Waals surface area contributed by atoms with Gasteiger partial charge in [0.15, 0.2) is 0 Å². The lowest BCUT2D eigenvalue weighted by atomic mass is 10.1. The summed E-state index contributed by atoms with van der Waals surface area (Å²) in [7, 11) is 0. The summed E-state index contributed by atoms with van der Waals surface area (Å²) in [6, 6.07) is 4.53. The third-order valence-corrected chi connectivity index (χ3v) is 6.03. The van der Waals surface area contributed by atoms with Gasteiger partial charge in [0, 0.05) is 54.8 Å². The van der Waals surface area contributed by atoms with Gasteiger partial charge in [-0.05, 0) is 45.8 Å². The van der Waals surface area contributed by atoms with Crippen LogP contribution in [0.15, 0.2) is 34.5 Å². The van der Waals surface area contributed by atoms with E-state index in [2.05, 4.69) is 45.1 Å². The third kappa shape index (κ3) is 3.43. The average molecular weight is 356 g/mol. The van der Waals surface area contributed by atoms with Crippen molar-refractivity contribution in [2.75, 3.05) is 6.54 Å². The Labute approximate surface area is 151 Å². The Balaban J connectivity index is 1.44. The van der Waals surface area contributed by atoms with Gasteiger partial charge in [-0.15, -0.1) is 11.3 Å². The van der Waals surface area contributed by atoms with Crippen molar-refractivity contribution in [1.82, 2.24) is 14.9 Å². The molecule has 0 saturated heterocycles. The van der Waals surface area contributed by atoms with Crippen LogP contribution in [0.1, 0.15) is 35.3 Å². The van der Waals surface area contributed by atoms with E-state index in [9.17, 15) is 0 Å². The summed E-state index contributed by atoms with van der Waals surface area (Å²) in [6.07, 6.45) is 5.18. The highest BCUT2D eigenvalue weighted by Crippen LogP contribution is 2.29. The number of aryl methyl sites for hydroxylation is 1. The maximum Gasteiger partial charge on any atom is 0.128 e. The molecule has 4 heterocycles. The zero-order valence-corrected chi connectivity index (χ0v) is 15.5. The van der Waals surface area contributed by atoms with E-state index in [4.69, 9.17) is 4.98 Å². The molecule has 0 unspecified atom stereocenters. The Morgan fingerprint density at radius 2 is 2.21 bits per heavy atom. The largest absolute Gasteiger partial charge is 0.293 e. The lowest BCUT2D eigenvalue weighted by molar-refractivity contribution is 0.244. The zero-order chi connectivity index (χ0) is 16.4. The number of aromatic nitrogens is 2. The predicted molar refractivity (Wildman–Crippen MR) is 101 cm³/mol. The van der Waals surface area contributed by atoms with Crippen LogP contribution >= 0.6 is 22.7 Å². The Hall–Kier alpha value is -1.56. The fourth-order valence-corrected chi connectivity index (χ4v) is 4.76. The molecule has 5 heteroatoms. The molecule has 0 bridgehead atoms. The minimum Gasteiger partial charge on any atom is -0.293 e. The molecule has 0 fully saturated rings. The second-order valence-corrected chi connectivity index (χ2v) is 8.06. The number of hydrogen-bond donors (Lipinski definition) is 0. The number of fused-ring (bicyclic) bond motifs is 1. The van der Waals surface area contributed by atoms with Crippen LogP contribution in [-0.2, 0) is 25.9 Å². The Morgan fingerprint density at radius 3 is 3.04 bits per heavy atom. The molecular formula is C19H21N3S2. The summed E-state index contributed by atoms with van der Waals surface area (Å²) < 4.78 is 0. The van der Waals surface area contributed by atoms with Crippen LogP contribution < -0.4 is 0 Å². The van der Waals surface area contributed by atoms with Crippen LogP contribution in [0, 0.1) is 0 Å². The highest BCUT2D eigenvalue weighted by molar-refractivity contribution is 7.10. The number of rotatable bonds is 5. The summed E-state index contributed by atoms with van der Waals surface area (Å²) in [5.74, 6) is 1.00. The molecule has 0 spiro atoms. The molecule has 4 rings (SSSR count). The highest BCUT2D eigenvalue weighted by atomic mass is 32.1. The lowest BCUT2D eigenvalue weighted by Crippen LogP contribution is -2.30. The highest BCUT2D eigenvalue weighted by Gasteiger charge is 2.19. The van der Waals surface area contributed by atoms with E-state index in [1.165, 1.54) is 27.3 Å². The van der Waals surface area contributed by atoms with Gasteiger partial charge in [-0.3, -0.25) is 4.90 Å². The van der Waals surface area contributed by atoms with E-state index in [-0.39, 0.29) is 0 Å². The molecule has 0 N–H and O–H groups in total. The van der Waals surface area contributed by atoms with E-state index < -0.39 is 0 Å². The van der Waals surface area contributed by atoms with Crippen LogP contribution in [0.2, 0.25) is 0 Å². The molecule has 3 aromatic heterocycles. The van der Waals surface area contributed by atoms with Crippen LogP contribution in [0.25, 0.3) is 11.1 Å². The van der Waals surface area contributed by atoms with Gasteiger partial charge in [-0.25, -0.2) is 9.97 Å². The van der Waals surface area contributed by atoms with E-state index in [1.807, 2.05) is 17.5 Å². The van der Waals surface area contributed by atoms with Crippen LogP contribution in [0.3, 0.4) is 0 Å². The molecule has 0 radical (unpaired) electrons. The second-order valence-electron chi connectivity index (χ2n) is 6.28. The Bertz CT molecular complexity index is 808. The van der Waals surface area contributed by atoms with Crippen molar-refractivity contribution >= 4 is 22.7 Å². The molecular weight excluding hydrogens is 334 g/mol. The van der Waals surface area contributed by atoms with Crippen LogP contribution in [0.5, 0.6) is 0 Å². The minimum absolute atomic E-state index is 0.966. The number of thiophene rings is 2. The first-order chi connectivity index (χ1) is 11.8. The van der Waals surface area contributed by atoms with Crippen molar-refractivity contribution in [3.8, 4) is 11.1 Å². The first-order valence-electron chi connectivity index (χ1n) is 8.48. The van der Waals surface area contributed by atoms with Crippen molar-refractivity contribution in [1.29, 1.82) is 0 Å². The van der Waals surface area contributed by atoms with Crippen molar-refractivity contribution in [3.63, 3.8) is 0 Å². The monoisotopic (exact) mass is 355 g/mol. The summed E-state index contributed by atoms with van der Waals surface area (Å²) in [5, 5.41) is 6.63. The summed E-state index contributed by atoms with van der Waals surface area (Å²) in [5.41, 5.74) is 5.25. The Kier molecular flexibility index (Phi) is 4.74. The average Bonchev–Trinajstić information content (AvgIpc) is 3.26. The molecule has 124 valence electrons. The van der Waals surface area contributed by atoms with Crippen LogP contribution in [-0.4, -0.2) is 21.4 Å². The van der Waals surface area contributed by atoms with Gasteiger partial charge in [0.2, 0.25) is 0 Å². The maximum atomic E-state index is 4.75. The van der Waals surface area contributed by atoms with E-state index in [1.54, 1.807) is 11.3 Å². The second kappa shape index (κ2) is 7.13. The molecule has 3 nitrogen and oxygen atoms in total. The van der Waals surface area contributed by atoms with Gasteiger partial charge in [0.25, 0.3) is 0 Å². The van der Waals surface area contributed by atoms with Gasteiger partial charge in [-0.1, -0.05) is 6.92 Å². The smallest absolute Gasteiger partial charge is 0.128 e. The third-order valence-electron chi connectivity index (χ3n) is 4.42. The molecule has 0 saturated carbocycles. The lowest BCUT2D eigenvalue weighted by Gasteiger charge is -2.27. The molecule has 0 atom stereocenters. The van der Waals surface area contributed by atoms with Gasteiger partial charge in [-0.2, -0.15) is 11.3 Å². The van der Waals surface area contributed by atoms with Crippen molar-refractivity contribution in [2.45, 2.75) is 39.3 Å². The quantitative estimate of drug-likeness (QED) is 0.660. The minimum atomic E-state index is 0.966. The maximum absolute atomic E-state index is 4.75. The van der Waals surface area contributed by atoms with Crippen LogP contribution in [0.4, 0.5) is 0 Å². The fourth-order valence-electron chi connectivity index (χ4n) is 3.16. The van der Waals surface area contributed by atoms with E-state index in [0.717, 1.165) is 44.7 Å². The zero-order valence-electron chi connectivity index (χ0n) is 13.9.